The van der Waals surface area contributed by atoms with Crippen LogP contribution in [0.5, 0.6) is 11.6 Å². The predicted molar refractivity (Wildman–Crippen MR) is 108 cm³/mol. The van der Waals surface area contributed by atoms with Crippen LogP contribution in [0.3, 0.4) is 0 Å². The second kappa shape index (κ2) is 8.44. The summed E-state index contributed by atoms with van der Waals surface area (Å²) >= 11 is 0. The Labute approximate surface area is 177 Å². The number of pyridine rings is 2. The number of amides is 1. The first-order valence-corrected chi connectivity index (χ1v) is 9.93. The van der Waals surface area contributed by atoms with E-state index in [0.717, 1.165) is 19.0 Å². The van der Waals surface area contributed by atoms with Crippen molar-refractivity contribution in [2.45, 2.75) is 25.4 Å². The van der Waals surface area contributed by atoms with E-state index >= 15 is 0 Å². The maximum atomic E-state index is 12.9. The fourth-order valence-electron chi connectivity index (χ4n) is 3.42. The molecule has 2 saturated heterocycles. The number of alkyl halides is 2. The van der Waals surface area contributed by atoms with Crippen LogP contribution in [0, 0.1) is 5.92 Å². The van der Waals surface area contributed by atoms with E-state index < -0.39 is 18.6 Å². The Morgan fingerprint density at radius 1 is 1.19 bits per heavy atom. The van der Waals surface area contributed by atoms with Crippen molar-refractivity contribution in [2.24, 2.45) is 5.92 Å². The molecule has 0 N–H and O–H groups in total. The summed E-state index contributed by atoms with van der Waals surface area (Å²) in [5.41, 5.74) is 0.676. The van der Waals surface area contributed by atoms with Crippen LogP contribution >= 0.6 is 0 Å². The lowest BCUT2D eigenvalue weighted by Gasteiger charge is -2.37. The molecule has 0 bridgehead atoms. The van der Waals surface area contributed by atoms with Crippen molar-refractivity contribution in [3.63, 3.8) is 0 Å². The van der Waals surface area contributed by atoms with Gasteiger partial charge in [0.2, 0.25) is 5.88 Å². The Morgan fingerprint density at radius 3 is 2.61 bits per heavy atom. The van der Waals surface area contributed by atoms with Crippen LogP contribution in [-0.2, 0) is 9.59 Å². The molecule has 4 rings (SSSR count). The summed E-state index contributed by atoms with van der Waals surface area (Å²) < 4.78 is 36.4. The zero-order valence-electron chi connectivity index (χ0n) is 16.9. The van der Waals surface area contributed by atoms with Crippen LogP contribution in [0.4, 0.5) is 20.3 Å². The number of aromatic nitrogens is 2. The Balaban J connectivity index is 1.32. The second-order valence-corrected chi connectivity index (χ2v) is 7.75. The van der Waals surface area contributed by atoms with Crippen LogP contribution in [0.1, 0.15) is 13.3 Å². The molecule has 164 valence electrons. The molecule has 2 aliphatic heterocycles. The summed E-state index contributed by atoms with van der Waals surface area (Å²) in [6.45, 7) is 1.81. The molecule has 0 saturated carbocycles. The van der Waals surface area contributed by atoms with E-state index in [1.54, 1.807) is 11.1 Å². The van der Waals surface area contributed by atoms with E-state index in [0.29, 0.717) is 37.5 Å². The fraction of sp³-hybridized carbons (Fsp3) is 0.429. The standard InChI is InChI=1S/C21H22F2N4O4/c1-21(22,23)13-30-19-5-3-16(9-25-19)31-17-6-7-27(20(17)29)15-2-4-18(24-8-15)26-10-14(11-26)12-28/h2-5,8-9,12,14,17H,6-7,10-11,13H2,1H3/t17-/m1/s1. The zero-order chi connectivity index (χ0) is 22.0. The van der Waals surface area contributed by atoms with Crippen LogP contribution in [0.15, 0.2) is 36.7 Å². The molecule has 8 nitrogen and oxygen atoms in total. The van der Waals surface area contributed by atoms with Gasteiger partial charge in [-0.25, -0.2) is 18.7 Å². The average molecular weight is 432 g/mol. The lowest BCUT2D eigenvalue weighted by Crippen LogP contribution is -2.47. The van der Waals surface area contributed by atoms with Crippen LogP contribution in [-0.4, -0.2) is 60.4 Å². The van der Waals surface area contributed by atoms with Gasteiger partial charge >= 0.3 is 0 Å². The number of anilines is 2. The number of hydrogen-bond acceptors (Lipinski definition) is 7. The fourth-order valence-corrected chi connectivity index (χ4v) is 3.42. The first kappa shape index (κ1) is 21.0. The number of ether oxygens (including phenoxy) is 2. The molecule has 1 atom stereocenters. The minimum atomic E-state index is -2.95. The van der Waals surface area contributed by atoms with Gasteiger partial charge < -0.3 is 24.1 Å². The van der Waals surface area contributed by atoms with E-state index in [1.165, 1.54) is 18.3 Å². The molecular formula is C21H22F2N4O4. The summed E-state index contributed by atoms with van der Waals surface area (Å²) in [6, 6.07) is 6.61. The quantitative estimate of drug-likeness (QED) is 0.592. The second-order valence-electron chi connectivity index (χ2n) is 7.75. The summed E-state index contributed by atoms with van der Waals surface area (Å²) in [5, 5.41) is 0. The van der Waals surface area contributed by atoms with Crippen molar-refractivity contribution >= 4 is 23.7 Å². The van der Waals surface area contributed by atoms with Crippen molar-refractivity contribution in [2.75, 3.05) is 36.0 Å². The van der Waals surface area contributed by atoms with Gasteiger partial charge in [-0.05, 0) is 18.2 Å². The minimum Gasteiger partial charge on any atom is -0.479 e. The van der Waals surface area contributed by atoms with Gasteiger partial charge in [0, 0.05) is 45.0 Å². The number of carbonyl (C=O) groups is 2. The molecule has 2 aliphatic rings. The highest BCUT2D eigenvalue weighted by atomic mass is 19.3. The van der Waals surface area contributed by atoms with E-state index in [2.05, 4.69) is 9.97 Å². The van der Waals surface area contributed by atoms with Gasteiger partial charge in [0.25, 0.3) is 11.8 Å². The molecular weight excluding hydrogens is 410 g/mol. The first-order chi connectivity index (χ1) is 14.8. The van der Waals surface area contributed by atoms with Gasteiger partial charge in [0.1, 0.15) is 17.9 Å². The lowest BCUT2D eigenvalue weighted by atomic mass is 10.0. The number of carbonyl (C=O) groups excluding carboxylic acids is 2. The lowest BCUT2D eigenvalue weighted by molar-refractivity contribution is -0.122. The Hall–Kier alpha value is -3.30. The molecule has 2 fully saturated rings. The maximum absolute atomic E-state index is 12.9. The van der Waals surface area contributed by atoms with E-state index in [-0.39, 0.29) is 17.7 Å². The molecule has 0 unspecified atom stereocenters. The van der Waals surface area contributed by atoms with Gasteiger partial charge in [0.15, 0.2) is 12.7 Å². The van der Waals surface area contributed by atoms with Gasteiger partial charge in [-0.2, -0.15) is 0 Å². The molecule has 0 spiro atoms. The molecule has 4 heterocycles. The Bertz CT molecular complexity index is 928. The zero-order valence-corrected chi connectivity index (χ0v) is 16.9. The smallest absolute Gasteiger partial charge is 0.278 e. The predicted octanol–water partition coefficient (Wildman–Crippen LogP) is 2.33. The van der Waals surface area contributed by atoms with Crippen molar-refractivity contribution in [1.82, 2.24) is 9.97 Å². The number of rotatable bonds is 8. The third kappa shape index (κ3) is 4.89. The highest BCUT2D eigenvalue weighted by Crippen LogP contribution is 2.28. The highest BCUT2D eigenvalue weighted by molar-refractivity contribution is 5.98. The molecule has 0 aromatic carbocycles. The first-order valence-electron chi connectivity index (χ1n) is 9.93. The summed E-state index contributed by atoms with van der Waals surface area (Å²) in [5.74, 6) is -1.90. The van der Waals surface area contributed by atoms with Gasteiger partial charge in [-0.3, -0.25) is 4.79 Å². The maximum Gasteiger partial charge on any atom is 0.278 e. The van der Waals surface area contributed by atoms with Gasteiger partial charge in [-0.15, -0.1) is 0 Å². The molecule has 2 aromatic rings. The van der Waals surface area contributed by atoms with Crippen molar-refractivity contribution < 1.29 is 27.8 Å². The Kier molecular flexibility index (Phi) is 5.71. The van der Waals surface area contributed by atoms with Crippen LogP contribution in [0.25, 0.3) is 0 Å². The monoisotopic (exact) mass is 432 g/mol. The normalized spacial score (nSPS) is 19.3. The number of nitrogens with zero attached hydrogens (tertiary/aromatic N) is 4. The summed E-state index contributed by atoms with van der Waals surface area (Å²) in [6.07, 6.45) is 3.76. The molecule has 2 aromatic heterocycles. The highest BCUT2D eigenvalue weighted by Gasteiger charge is 2.35. The van der Waals surface area contributed by atoms with E-state index in [9.17, 15) is 18.4 Å². The molecule has 10 heteroatoms. The SMILES string of the molecule is CC(F)(F)COc1ccc(O[C@@H]2CCN(c3ccc(N4CC(C=O)C4)nc3)C2=O)cn1. The van der Waals surface area contributed by atoms with Crippen molar-refractivity contribution in [1.29, 1.82) is 0 Å². The van der Waals surface area contributed by atoms with Gasteiger partial charge in [-0.1, -0.05) is 0 Å². The van der Waals surface area contributed by atoms with Crippen molar-refractivity contribution in [3.05, 3.63) is 36.7 Å². The van der Waals surface area contributed by atoms with Crippen LogP contribution in [0.2, 0.25) is 0 Å². The molecule has 0 aliphatic carbocycles. The van der Waals surface area contributed by atoms with Crippen molar-refractivity contribution in [3.8, 4) is 11.6 Å². The largest absolute Gasteiger partial charge is 0.479 e. The Morgan fingerprint density at radius 2 is 2.00 bits per heavy atom. The third-order valence-corrected chi connectivity index (χ3v) is 5.09. The van der Waals surface area contributed by atoms with E-state index in [1.807, 2.05) is 17.0 Å². The molecule has 0 radical (unpaired) electrons. The number of halogens is 2. The molecule has 31 heavy (non-hydrogen) atoms. The van der Waals surface area contributed by atoms with E-state index in [4.69, 9.17) is 9.47 Å². The molecule has 1 amide bonds. The summed E-state index contributed by atoms with van der Waals surface area (Å²) in [7, 11) is 0. The summed E-state index contributed by atoms with van der Waals surface area (Å²) in [4.78, 5) is 35.4. The van der Waals surface area contributed by atoms with Gasteiger partial charge in [0.05, 0.1) is 18.1 Å². The number of hydrogen-bond donors (Lipinski definition) is 0. The number of aldehydes is 1. The minimum absolute atomic E-state index is 0.0566. The average Bonchev–Trinajstić information content (AvgIpc) is 3.07. The topological polar surface area (TPSA) is 84.9 Å². The third-order valence-electron chi connectivity index (χ3n) is 5.09. The van der Waals surface area contributed by atoms with Crippen LogP contribution < -0.4 is 19.3 Å².